The Morgan fingerprint density at radius 1 is 0.806 bits per heavy atom. The number of hydrogen-bond donors (Lipinski definition) is 1. The summed E-state index contributed by atoms with van der Waals surface area (Å²) in [4.78, 5) is 14.6. The Hall–Kier alpha value is -2.95. The lowest BCUT2D eigenvalue weighted by Gasteiger charge is -2.37. The smallest absolute Gasteiger partial charge is 0.311 e. The fourth-order valence-corrected chi connectivity index (χ4v) is 4.34. The zero-order chi connectivity index (χ0) is 21.5. The van der Waals surface area contributed by atoms with Gasteiger partial charge in [-0.05, 0) is 29.5 Å². The van der Waals surface area contributed by atoms with Gasteiger partial charge in [-0.2, -0.15) is 0 Å². The average molecular weight is 416 g/mol. The van der Waals surface area contributed by atoms with Crippen LogP contribution in [0.4, 0.5) is 0 Å². The van der Waals surface area contributed by atoms with E-state index in [-0.39, 0.29) is 12.0 Å². The van der Waals surface area contributed by atoms with Crippen LogP contribution in [0.1, 0.15) is 23.1 Å². The predicted octanol–water partition coefficient (Wildman–Crippen LogP) is 4.22. The third-order valence-corrected chi connectivity index (χ3v) is 6.00. The molecule has 0 bridgehead atoms. The molecule has 0 aromatic heterocycles. The third-order valence-electron chi connectivity index (χ3n) is 6.00. The van der Waals surface area contributed by atoms with Crippen molar-refractivity contribution in [2.75, 3.05) is 6.61 Å². The van der Waals surface area contributed by atoms with Gasteiger partial charge in [0.1, 0.15) is 0 Å². The van der Waals surface area contributed by atoms with Gasteiger partial charge in [0.05, 0.1) is 18.6 Å². The number of cyclic esters (lactones) is 1. The highest BCUT2D eigenvalue weighted by Gasteiger charge is 2.39. The van der Waals surface area contributed by atoms with E-state index in [9.17, 15) is 9.90 Å². The number of ether oxygens (including phenoxy) is 1. The molecule has 31 heavy (non-hydrogen) atoms. The van der Waals surface area contributed by atoms with Crippen molar-refractivity contribution in [2.45, 2.75) is 38.1 Å². The normalized spacial score (nSPS) is 18.0. The molecule has 0 saturated carbocycles. The van der Waals surface area contributed by atoms with Gasteiger partial charge in [-0.3, -0.25) is 9.69 Å². The lowest BCUT2D eigenvalue weighted by atomic mass is 9.89. The molecule has 0 amide bonds. The van der Waals surface area contributed by atoms with Gasteiger partial charge in [-0.25, -0.2) is 0 Å². The first kappa shape index (κ1) is 21.3. The number of nitrogens with zero attached hydrogens (tertiary/aromatic N) is 1. The maximum Gasteiger partial charge on any atom is 0.311 e. The molecule has 4 heteroatoms. The molecular weight excluding hydrogens is 386 g/mol. The summed E-state index contributed by atoms with van der Waals surface area (Å²) in [6.45, 7) is 1.76. The minimum absolute atomic E-state index is 0.224. The Bertz CT molecular complexity index is 904. The second kappa shape index (κ2) is 10.4. The van der Waals surface area contributed by atoms with Crippen LogP contribution in [0.3, 0.4) is 0 Å². The first-order valence-corrected chi connectivity index (χ1v) is 10.9. The lowest BCUT2D eigenvalue weighted by molar-refractivity contribution is -0.145. The standard InChI is InChI=1S/C27H29NO3/c29-26(24-16-17-31-27(24)30)25(18-21-10-4-1-5-11-21)28(19-22-12-6-2-7-13-22)20-23-14-8-3-9-15-23/h1-15,24-26,29H,16-20H2/t24-,25+,26+/m1/s1. The summed E-state index contributed by atoms with van der Waals surface area (Å²) in [5.41, 5.74) is 3.50. The third kappa shape index (κ3) is 5.60. The van der Waals surface area contributed by atoms with E-state index in [0.29, 0.717) is 32.5 Å². The van der Waals surface area contributed by atoms with E-state index in [1.807, 2.05) is 54.6 Å². The van der Waals surface area contributed by atoms with Crippen molar-refractivity contribution in [3.8, 4) is 0 Å². The molecule has 0 radical (unpaired) electrons. The monoisotopic (exact) mass is 415 g/mol. The van der Waals surface area contributed by atoms with Gasteiger partial charge in [-0.1, -0.05) is 91.0 Å². The Morgan fingerprint density at radius 2 is 1.29 bits per heavy atom. The van der Waals surface area contributed by atoms with Crippen LogP contribution in [0.15, 0.2) is 91.0 Å². The predicted molar refractivity (Wildman–Crippen MR) is 121 cm³/mol. The summed E-state index contributed by atoms with van der Waals surface area (Å²) in [7, 11) is 0. The van der Waals surface area contributed by atoms with Crippen molar-refractivity contribution < 1.29 is 14.6 Å². The molecule has 0 aliphatic carbocycles. The summed E-state index contributed by atoms with van der Waals surface area (Å²) < 4.78 is 5.19. The van der Waals surface area contributed by atoms with E-state index < -0.39 is 12.0 Å². The van der Waals surface area contributed by atoms with Gasteiger partial charge < -0.3 is 9.84 Å². The van der Waals surface area contributed by atoms with Gasteiger partial charge in [0.25, 0.3) is 0 Å². The molecule has 160 valence electrons. The molecule has 4 nitrogen and oxygen atoms in total. The van der Waals surface area contributed by atoms with Gasteiger partial charge in [0, 0.05) is 19.1 Å². The van der Waals surface area contributed by atoms with Crippen LogP contribution in [-0.2, 0) is 29.0 Å². The van der Waals surface area contributed by atoms with Crippen LogP contribution in [0.5, 0.6) is 0 Å². The van der Waals surface area contributed by atoms with Crippen LogP contribution in [0.25, 0.3) is 0 Å². The van der Waals surface area contributed by atoms with Crippen molar-refractivity contribution in [3.05, 3.63) is 108 Å². The van der Waals surface area contributed by atoms with Gasteiger partial charge in [-0.15, -0.1) is 0 Å². The molecule has 0 spiro atoms. The molecule has 3 aromatic carbocycles. The topological polar surface area (TPSA) is 49.8 Å². The zero-order valence-corrected chi connectivity index (χ0v) is 17.6. The maximum atomic E-state index is 12.3. The number of carbonyl (C=O) groups is 1. The summed E-state index contributed by atoms with van der Waals surface area (Å²) in [6.07, 6.45) is 0.420. The van der Waals surface area contributed by atoms with E-state index in [0.717, 1.165) is 5.56 Å². The minimum Gasteiger partial charge on any atom is -0.465 e. The molecule has 4 rings (SSSR count). The number of benzene rings is 3. The molecule has 1 heterocycles. The summed E-state index contributed by atoms with van der Waals surface area (Å²) in [5.74, 6) is -0.771. The van der Waals surface area contributed by atoms with Crippen molar-refractivity contribution in [3.63, 3.8) is 0 Å². The largest absolute Gasteiger partial charge is 0.465 e. The van der Waals surface area contributed by atoms with E-state index in [4.69, 9.17) is 4.74 Å². The van der Waals surface area contributed by atoms with Gasteiger partial charge in [0.15, 0.2) is 0 Å². The Balaban J connectivity index is 1.67. The van der Waals surface area contributed by atoms with Crippen molar-refractivity contribution in [2.24, 2.45) is 5.92 Å². The Labute approximate surface area is 184 Å². The fourth-order valence-electron chi connectivity index (χ4n) is 4.34. The second-order valence-corrected chi connectivity index (χ2v) is 8.19. The molecule has 1 fully saturated rings. The van der Waals surface area contributed by atoms with E-state index >= 15 is 0 Å². The number of carbonyl (C=O) groups excluding carboxylic acids is 1. The van der Waals surface area contributed by atoms with Crippen LogP contribution >= 0.6 is 0 Å². The van der Waals surface area contributed by atoms with Gasteiger partial charge >= 0.3 is 5.97 Å². The van der Waals surface area contributed by atoms with E-state index in [1.54, 1.807) is 0 Å². The first-order chi connectivity index (χ1) is 15.2. The number of hydrogen-bond acceptors (Lipinski definition) is 4. The number of esters is 1. The van der Waals surface area contributed by atoms with Crippen LogP contribution < -0.4 is 0 Å². The minimum atomic E-state index is -0.803. The molecular formula is C27H29NO3. The molecule has 3 atom stereocenters. The molecule has 1 N–H and O–H groups in total. The second-order valence-electron chi connectivity index (χ2n) is 8.19. The maximum absolute atomic E-state index is 12.3. The Kier molecular flexibility index (Phi) is 7.13. The zero-order valence-electron chi connectivity index (χ0n) is 17.6. The Morgan fingerprint density at radius 3 is 1.74 bits per heavy atom. The summed E-state index contributed by atoms with van der Waals surface area (Å²) >= 11 is 0. The SMILES string of the molecule is O=C1OCC[C@@H]1[C@H](O)[C@H](Cc1ccccc1)N(Cc1ccccc1)Cc1ccccc1. The number of rotatable bonds is 9. The first-order valence-electron chi connectivity index (χ1n) is 10.9. The summed E-state index contributed by atoms with van der Waals surface area (Å²) in [6, 6.07) is 30.5. The highest BCUT2D eigenvalue weighted by molar-refractivity contribution is 5.74. The van der Waals surface area contributed by atoms with Crippen molar-refractivity contribution in [1.82, 2.24) is 4.90 Å². The molecule has 0 unspecified atom stereocenters. The molecule has 1 aliphatic rings. The van der Waals surface area contributed by atoms with E-state index in [2.05, 4.69) is 41.3 Å². The summed E-state index contributed by atoms with van der Waals surface area (Å²) in [5, 5.41) is 11.4. The molecule has 1 aliphatic heterocycles. The lowest BCUT2D eigenvalue weighted by Crippen LogP contribution is -2.48. The highest BCUT2D eigenvalue weighted by atomic mass is 16.5. The average Bonchev–Trinajstić information content (AvgIpc) is 3.24. The number of aliphatic hydroxyl groups is 1. The number of aliphatic hydroxyl groups excluding tert-OH is 1. The van der Waals surface area contributed by atoms with Gasteiger partial charge in [0.2, 0.25) is 0 Å². The fraction of sp³-hybridized carbons (Fsp3) is 0.296. The van der Waals surface area contributed by atoms with E-state index in [1.165, 1.54) is 11.1 Å². The van der Waals surface area contributed by atoms with Crippen molar-refractivity contribution in [1.29, 1.82) is 0 Å². The molecule has 3 aromatic rings. The highest BCUT2D eigenvalue weighted by Crippen LogP contribution is 2.27. The quantitative estimate of drug-likeness (QED) is 0.532. The molecule has 1 saturated heterocycles. The van der Waals surface area contributed by atoms with Crippen LogP contribution in [0.2, 0.25) is 0 Å². The van der Waals surface area contributed by atoms with Crippen LogP contribution in [-0.4, -0.2) is 34.7 Å². The van der Waals surface area contributed by atoms with Crippen molar-refractivity contribution >= 4 is 5.97 Å². The van der Waals surface area contributed by atoms with Crippen LogP contribution in [0, 0.1) is 5.92 Å².